The minimum Gasteiger partial charge on any atom is -0.364 e. The highest BCUT2D eigenvalue weighted by molar-refractivity contribution is 9.10. The maximum atomic E-state index is 11.6. The number of carbonyl (C=O) groups excluding carboxylic acids is 1. The standard InChI is InChI=1S/C12H11BrN2O2/c1-8-3-2-4-9(11(8)13)7-14-12(16)10-5-6-17-15-10/h2-6H,7H2,1H3,(H,14,16). The summed E-state index contributed by atoms with van der Waals surface area (Å²) in [4.78, 5) is 11.6. The van der Waals surface area contributed by atoms with Gasteiger partial charge >= 0.3 is 0 Å². The predicted octanol–water partition coefficient (Wildman–Crippen LogP) is 2.68. The average Bonchev–Trinajstić information content (AvgIpc) is 2.84. The summed E-state index contributed by atoms with van der Waals surface area (Å²) in [7, 11) is 0. The fourth-order valence-electron chi connectivity index (χ4n) is 1.44. The van der Waals surface area contributed by atoms with Crippen LogP contribution in [0.2, 0.25) is 0 Å². The molecule has 1 heterocycles. The van der Waals surface area contributed by atoms with Gasteiger partial charge in [0.05, 0.1) is 0 Å². The van der Waals surface area contributed by atoms with Crippen LogP contribution in [0, 0.1) is 6.92 Å². The van der Waals surface area contributed by atoms with Crippen LogP contribution in [0.5, 0.6) is 0 Å². The lowest BCUT2D eigenvalue weighted by Crippen LogP contribution is -2.23. The zero-order chi connectivity index (χ0) is 12.3. The third kappa shape index (κ3) is 2.74. The van der Waals surface area contributed by atoms with E-state index in [0.29, 0.717) is 6.54 Å². The van der Waals surface area contributed by atoms with Crippen molar-refractivity contribution in [2.45, 2.75) is 13.5 Å². The molecule has 1 aromatic carbocycles. The van der Waals surface area contributed by atoms with Crippen molar-refractivity contribution in [3.05, 3.63) is 51.8 Å². The van der Waals surface area contributed by atoms with E-state index < -0.39 is 0 Å². The first-order chi connectivity index (χ1) is 8.18. The number of aryl methyl sites for hydroxylation is 1. The molecule has 5 heteroatoms. The molecule has 0 fully saturated rings. The van der Waals surface area contributed by atoms with Crippen LogP contribution in [-0.4, -0.2) is 11.1 Å². The van der Waals surface area contributed by atoms with Crippen molar-refractivity contribution in [2.75, 3.05) is 0 Å². The van der Waals surface area contributed by atoms with Crippen molar-refractivity contribution in [1.82, 2.24) is 10.5 Å². The van der Waals surface area contributed by atoms with E-state index in [-0.39, 0.29) is 11.6 Å². The summed E-state index contributed by atoms with van der Waals surface area (Å²) in [5.41, 5.74) is 2.45. The van der Waals surface area contributed by atoms with Gasteiger partial charge in [0.2, 0.25) is 0 Å². The number of amides is 1. The Labute approximate surface area is 107 Å². The zero-order valence-electron chi connectivity index (χ0n) is 9.24. The van der Waals surface area contributed by atoms with Crippen molar-refractivity contribution < 1.29 is 9.32 Å². The fourth-order valence-corrected chi connectivity index (χ4v) is 1.84. The van der Waals surface area contributed by atoms with Gasteiger partial charge in [-0.15, -0.1) is 0 Å². The van der Waals surface area contributed by atoms with Gasteiger partial charge < -0.3 is 9.84 Å². The molecule has 0 unspecified atom stereocenters. The third-order valence-corrected chi connectivity index (χ3v) is 3.52. The van der Waals surface area contributed by atoms with E-state index in [1.54, 1.807) is 0 Å². The van der Waals surface area contributed by atoms with Gasteiger partial charge in [0.25, 0.3) is 5.91 Å². The molecule has 4 nitrogen and oxygen atoms in total. The first-order valence-corrected chi connectivity index (χ1v) is 5.90. The molecule has 0 saturated carbocycles. The van der Waals surface area contributed by atoms with Gasteiger partial charge in [0.1, 0.15) is 6.26 Å². The first-order valence-electron chi connectivity index (χ1n) is 5.11. The number of benzene rings is 1. The van der Waals surface area contributed by atoms with Gasteiger partial charge in [0, 0.05) is 17.1 Å². The number of rotatable bonds is 3. The van der Waals surface area contributed by atoms with Crippen LogP contribution < -0.4 is 5.32 Å². The monoisotopic (exact) mass is 294 g/mol. The topological polar surface area (TPSA) is 55.1 Å². The highest BCUT2D eigenvalue weighted by Gasteiger charge is 2.09. The van der Waals surface area contributed by atoms with Crippen LogP contribution in [0.1, 0.15) is 21.6 Å². The van der Waals surface area contributed by atoms with E-state index in [1.807, 2.05) is 25.1 Å². The van der Waals surface area contributed by atoms with Crippen LogP contribution in [0.25, 0.3) is 0 Å². The molecule has 0 atom stereocenters. The molecule has 1 amide bonds. The van der Waals surface area contributed by atoms with E-state index in [1.165, 1.54) is 12.3 Å². The Morgan fingerprint density at radius 1 is 1.47 bits per heavy atom. The average molecular weight is 295 g/mol. The van der Waals surface area contributed by atoms with Gasteiger partial charge in [0.15, 0.2) is 5.69 Å². The lowest BCUT2D eigenvalue weighted by atomic mass is 10.1. The quantitative estimate of drug-likeness (QED) is 0.947. The summed E-state index contributed by atoms with van der Waals surface area (Å²) < 4.78 is 5.62. The molecule has 2 aromatic rings. The third-order valence-electron chi connectivity index (χ3n) is 2.38. The maximum Gasteiger partial charge on any atom is 0.273 e. The Morgan fingerprint density at radius 3 is 3.00 bits per heavy atom. The van der Waals surface area contributed by atoms with Crippen LogP contribution in [0.3, 0.4) is 0 Å². The SMILES string of the molecule is Cc1cccc(CNC(=O)c2ccon2)c1Br. The van der Waals surface area contributed by atoms with Crippen molar-refractivity contribution in [2.24, 2.45) is 0 Å². The van der Waals surface area contributed by atoms with E-state index in [4.69, 9.17) is 0 Å². The van der Waals surface area contributed by atoms with E-state index in [9.17, 15) is 4.79 Å². The molecule has 88 valence electrons. The minimum atomic E-state index is -0.243. The molecular formula is C12H11BrN2O2. The molecule has 1 N–H and O–H groups in total. The van der Waals surface area contributed by atoms with Crippen molar-refractivity contribution in [3.63, 3.8) is 0 Å². The molecule has 1 aromatic heterocycles. The van der Waals surface area contributed by atoms with E-state index >= 15 is 0 Å². The lowest BCUT2D eigenvalue weighted by molar-refractivity contribution is 0.0942. The Balaban J connectivity index is 2.03. The first kappa shape index (κ1) is 11.9. The molecule has 0 saturated heterocycles. The maximum absolute atomic E-state index is 11.6. The highest BCUT2D eigenvalue weighted by atomic mass is 79.9. The van der Waals surface area contributed by atoms with E-state index in [0.717, 1.165) is 15.6 Å². The van der Waals surface area contributed by atoms with Crippen LogP contribution in [0.15, 0.2) is 39.5 Å². The summed E-state index contributed by atoms with van der Waals surface area (Å²) in [6.07, 6.45) is 1.37. The summed E-state index contributed by atoms with van der Waals surface area (Å²) in [5, 5.41) is 6.35. The molecule has 0 aliphatic rings. The van der Waals surface area contributed by atoms with Gasteiger partial charge in [-0.3, -0.25) is 4.79 Å². The van der Waals surface area contributed by atoms with Gasteiger partial charge in [-0.1, -0.05) is 39.3 Å². The van der Waals surface area contributed by atoms with Crippen LogP contribution in [-0.2, 0) is 6.54 Å². The molecular weight excluding hydrogens is 284 g/mol. The normalized spacial score (nSPS) is 10.2. The second kappa shape index (κ2) is 5.14. The smallest absolute Gasteiger partial charge is 0.273 e. The Kier molecular flexibility index (Phi) is 3.58. The second-order valence-electron chi connectivity index (χ2n) is 3.62. The molecule has 0 radical (unpaired) electrons. The van der Waals surface area contributed by atoms with Crippen molar-refractivity contribution >= 4 is 21.8 Å². The number of nitrogens with one attached hydrogen (secondary N) is 1. The highest BCUT2D eigenvalue weighted by Crippen LogP contribution is 2.20. The Morgan fingerprint density at radius 2 is 2.29 bits per heavy atom. The van der Waals surface area contributed by atoms with Gasteiger partial charge in [-0.05, 0) is 18.1 Å². The lowest BCUT2D eigenvalue weighted by Gasteiger charge is -2.07. The molecule has 2 rings (SSSR count). The van der Waals surface area contributed by atoms with Crippen molar-refractivity contribution in [3.8, 4) is 0 Å². The van der Waals surface area contributed by atoms with Crippen molar-refractivity contribution in [1.29, 1.82) is 0 Å². The molecule has 0 bridgehead atoms. The van der Waals surface area contributed by atoms with Gasteiger partial charge in [-0.2, -0.15) is 0 Å². The number of halogens is 1. The number of hydrogen-bond acceptors (Lipinski definition) is 3. The summed E-state index contributed by atoms with van der Waals surface area (Å²) >= 11 is 3.49. The van der Waals surface area contributed by atoms with Gasteiger partial charge in [-0.25, -0.2) is 0 Å². The van der Waals surface area contributed by atoms with Crippen LogP contribution in [0.4, 0.5) is 0 Å². The molecule has 0 aliphatic carbocycles. The molecule has 17 heavy (non-hydrogen) atoms. The summed E-state index contributed by atoms with van der Waals surface area (Å²) in [6.45, 7) is 2.46. The predicted molar refractivity (Wildman–Crippen MR) is 66.6 cm³/mol. The molecule has 0 spiro atoms. The largest absolute Gasteiger partial charge is 0.364 e. The fraction of sp³-hybridized carbons (Fsp3) is 0.167. The minimum absolute atomic E-state index is 0.243. The second-order valence-corrected chi connectivity index (χ2v) is 4.41. The Bertz CT molecular complexity index is 523. The number of hydrogen-bond donors (Lipinski definition) is 1. The molecule has 0 aliphatic heterocycles. The van der Waals surface area contributed by atoms with E-state index in [2.05, 4.69) is 30.9 Å². The number of nitrogens with zero attached hydrogens (tertiary/aromatic N) is 1. The zero-order valence-corrected chi connectivity index (χ0v) is 10.8. The summed E-state index contributed by atoms with van der Waals surface area (Å²) in [6, 6.07) is 7.45. The Hall–Kier alpha value is -1.62. The number of aromatic nitrogens is 1. The summed E-state index contributed by atoms with van der Waals surface area (Å²) in [5.74, 6) is -0.243. The number of carbonyl (C=O) groups is 1. The van der Waals surface area contributed by atoms with Crippen LogP contribution >= 0.6 is 15.9 Å².